The van der Waals surface area contributed by atoms with Crippen LogP contribution < -0.4 is 16.2 Å². The molecule has 0 aromatic carbocycles. The molecule has 0 atom stereocenters. The average molecular weight is 332 g/mol. The van der Waals surface area contributed by atoms with Gasteiger partial charge in [0.15, 0.2) is 5.96 Å². The van der Waals surface area contributed by atoms with E-state index >= 15 is 0 Å². The Hall–Kier alpha value is -1.78. The number of aromatic nitrogens is 1. The molecule has 2 rings (SSSR count). The fourth-order valence-electron chi connectivity index (χ4n) is 3.53. The highest BCUT2D eigenvalue weighted by molar-refractivity contribution is 5.79. The van der Waals surface area contributed by atoms with E-state index < -0.39 is 0 Å². The lowest BCUT2D eigenvalue weighted by Crippen LogP contribution is -2.43. The minimum Gasteiger partial charge on any atom is -0.356 e. The zero-order valence-corrected chi connectivity index (χ0v) is 15.2. The number of hydrogen-bond acceptors (Lipinski definition) is 2. The highest BCUT2D eigenvalue weighted by Gasteiger charge is 2.31. The Labute approximate surface area is 145 Å². The third-order valence-electron chi connectivity index (χ3n) is 5.29. The quantitative estimate of drug-likeness (QED) is 0.437. The van der Waals surface area contributed by atoms with Crippen LogP contribution in [-0.2, 0) is 6.54 Å². The molecule has 0 unspecified atom stereocenters. The predicted octanol–water partition coefficient (Wildman–Crippen LogP) is 2.76. The SMILES string of the molecule is CCC1(CNC(=NC)NCCCCn2ccccc2=O)CCCC1. The van der Waals surface area contributed by atoms with Crippen molar-refractivity contribution >= 4 is 5.96 Å². The Kier molecular flexibility index (Phi) is 7.35. The van der Waals surface area contributed by atoms with Gasteiger partial charge in [-0.05, 0) is 43.6 Å². The second-order valence-electron chi connectivity index (χ2n) is 6.85. The lowest BCUT2D eigenvalue weighted by Gasteiger charge is -2.28. The van der Waals surface area contributed by atoms with E-state index in [4.69, 9.17) is 0 Å². The number of unbranched alkanes of at least 4 members (excludes halogenated alkanes) is 1. The standard InChI is InChI=1S/C19H32N4O/c1-3-19(11-5-6-12-19)16-22-18(20-2)21-13-7-9-15-23-14-8-4-10-17(23)24/h4,8,10,14H,3,5-7,9,11-13,15-16H2,1-2H3,(H2,20,21,22). The van der Waals surface area contributed by atoms with Gasteiger partial charge in [-0.3, -0.25) is 9.79 Å². The highest BCUT2D eigenvalue weighted by atomic mass is 16.1. The first-order chi connectivity index (χ1) is 11.7. The number of aryl methyl sites for hydroxylation is 1. The van der Waals surface area contributed by atoms with Crippen molar-refractivity contribution in [2.24, 2.45) is 10.4 Å². The summed E-state index contributed by atoms with van der Waals surface area (Å²) in [4.78, 5) is 15.9. The van der Waals surface area contributed by atoms with E-state index in [1.165, 1.54) is 32.1 Å². The van der Waals surface area contributed by atoms with E-state index in [2.05, 4.69) is 22.5 Å². The maximum Gasteiger partial charge on any atom is 0.250 e. The smallest absolute Gasteiger partial charge is 0.250 e. The number of pyridine rings is 1. The van der Waals surface area contributed by atoms with Gasteiger partial charge in [-0.1, -0.05) is 25.8 Å². The Morgan fingerprint density at radius 2 is 2.04 bits per heavy atom. The molecule has 24 heavy (non-hydrogen) atoms. The Balaban J connectivity index is 1.65. The van der Waals surface area contributed by atoms with Gasteiger partial charge in [-0.2, -0.15) is 0 Å². The normalized spacial score (nSPS) is 17.0. The minimum absolute atomic E-state index is 0.0735. The molecule has 0 radical (unpaired) electrons. The maximum atomic E-state index is 11.6. The third kappa shape index (κ3) is 5.39. The van der Waals surface area contributed by atoms with Gasteiger partial charge in [0, 0.05) is 38.9 Å². The molecule has 5 nitrogen and oxygen atoms in total. The molecule has 1 aromatic heterocycles. The summed E-state index contributed by atoms with van der Waals surface area (Å²) in [5.74, 6) is 0.895. The maximum absolute atomic E-state index is 11.6. The largest absolute Gasteiger partial charge is 0.356 e. The topological polar surface area (TPSA) is 58.4 Å². The number of hydrogen-bond donors (Lipinski definition) is 2. The lowest BCUT2D eigenvalue weighted by atomic mass is 9.83. The molecule has 1 aromatic rings. The fraction of sp³-hybridized carbons (Fsp3) is 0.684. The number of rotatable bonds is 8. The van der Waals surface area contributed by atoms with Gasteiger partial charge in [0.1, 0.15) is 0 Å². The molecule has 1 heterocycles. The molecule has 2 N–H and O–H groups in total. The van der Waals surface area contributed by atoms with Crippen LogP contribution >= 0.6 is 0 Å². The molecule has 5 heteroatoms. The van der Waals surface area contributed by atoms with E-state index in [9.17, 15) is 4.79 Å². The van der Waals surface area contributed by atoms with Crippen molar-refractivity contribution < 1.29 is 0 Å². The van der Waals surface area contributed by atoms with Gasteiger partial charge in [0.2, 0.25) is 5.56 Å². The molecule has 1 saturated carbocycles. The monoisotopic (exact) mass is 332 g/mol. The molecule has 0 aliphatic heterocycles. The number of nitrogens with one attached hydrogen (secondary N) is 2. The van der Waals surface area contributed by atoms with Crippen LogP contribution in [0.2, 0.25) is 0 Å². The van der Waals surface area contributed by atoms with Crippen LogP contribution in [0.25, 0.3) is 0 Å². The molecule has 1 aliphatic rings. The first kappa shape index (κ1) is 18.6. The summed E-state index contributed by atoms with van der Waals surface area (Å²) in [7, 11) is 1.83. The zero-order chi connectivity index (χ0) is 17.3. The van der Waals surface area contributed by atoms with Gasteiger partial charge >= 0.3 is 0 Å². The molecule has 0 saturated heterocycles. The summed E-state index contributed by atoms with van der Waals surface area (Å²) in [6.07, 6.45) is 10.5. The Morgan fingerprint density at radius 1 is 1.25 bits per heavy atom. The van der Waals surface area contributed by atoms with E-state index in [1.54, 1.807) is 16.7 Å². The third-order valence-corrected chi connectivity index (χ3v) is 5.29. The van der Waals surface area contributed by atoms with Gasteiger partial charge < -0.3 is 15.2 Å². The Bertz CT molecular complexity index is 573. The van der Waals surface area contributed by atoms with Crippen molar-refractivity contribution in [1.29, 1.82) is 0 Å². The molecule has 0 spiro atoms. The summed E-state index contributed by atoms with van der Waals surface area (Å²) >= 11 is 0. The van der Waals surface area contributed by atoms with Crippen LogP contribution in [0.1, 0.15) is 51.9 Å². The van der Waals surface area contributed by atoms with E-state index in [0.29, 0.717) is 5.41 Å². The molecule has 1 fully saturated rings. The van der Waals surface area contributed by atoms with Gasteiger partial charge in [-0.15, -0.1) is 0 Å². The molecule has 1 aliphatic carbocycles. The molecular formula is C19H32N4O. The van der Waals surface area contributed by atoms with Crippen LogP contribution in [0.3, 0.4) is 0 Å². The van der Waals surface area contributed by atoms with Gasteiger partial charge in [-0.25, -0.2) is 0 Å². The first-order valence-corrected chi connectivity index (χ1v) is 9.29. The van der Waals surface area contributed by atoms with Crippen LogP contribution in [0.4, 0.5) is 0 Å². The Morgan fingerprint density at radius 3 is 2.71 bits per heavy atom. The second-order valence-corrected chi connectivity index (χ2v) is 6.85. The lowest BCUT2D eigenvalue weighted by molar-refractivity contribution is 0.283. The van der Waals surface area contributed by atoms with Crippen molar-refractivity contribution in [3.63, 3.8) is 0 Å². The summed E-state index contributed by atoms with van der Waals surface area (Å²) < 4.78 is 1.76. The zero-order valence-electron chi connectivity index (χ0n) is 15.2. The van der Waals surface area contributed by atoms with E-state index in [0.717, 1.165) is 38.4 Å². The fourth-order valence-corrected chi connectivity index (χ4v) is 3.53. The highest BCUT2D eigenvalue weighted by Crippen LogP contribution is 2.40. The predicted molar refractivity (Wildman–Crippen MR) is 100 cm³/mol. The van der Waals surface area contributed by atoms with Crippen LogP contribution in [0.5, 0.6) is 0 Å². The summed E-state index contributed by atoms with van der Waals surface area (Å²) in [6, 6.07) is 5.29. The number of guanidine groups is 1. The first-order valence-electron chi connectivity index (χ1n) is 9.29. The molecule has 134 valence electrons. The molecular weight excluding hydrogens is 300 g/mol. The van der Waals surface area contributed by atoms with E-state index in [1.807, 2.05) is 19.3 Å². The molecule has 0 bridgehead atoms. The second kappa shape index (κ2) is 9.50. The van der Waals surface area contributed by atoms with Crippen molar-refractivity contribution in [3.8, 4) is 0 Å². The number of aliphatic imine (C=N–C) groups is 1. The van der Waals surface area contributed by atoms with Crippen molar-refractivity contribution in [3.05, 3.63) is 34.7 Å². The molecule has 0 amide bonds. The summed E-state index contributed by atoms with van der Waals surface area (Å²) in [6.45, 7) is 4.96. The minimum atomic E-state index is 0.0735. The van der Waals surface area contributed by atoms with Crippen LogP contribution in [0, 0.1) is 5.41 Å². The van der Waals surface area contributed by atoms with Gasteiger partial charge in [0.05, 0.1) is 0 Å². The van der Waals surface area contributed by atoms with E-state index in [-0.39, 0.29) is 5.56 Å². The van der Waals surface area contributed by atoms with Crippen LogP contribution in [-0.4, -0.2) is 30.7 Å². The number of nitrogens with zero attached hydrogens (tertiary/aromatic N) is 2. The van der Waals surface area contributed by atoms with Crippen LogP contribution in [0.15, 0.2) is 34.2 Å². The van der Waals surface area contributed by atoms with Crippen molar-refractivity contribution in [2.75, 3.05) is 20.1 Å². The van der Waals surface area contributed by atoms with Crippen molar-refractivity contribution in [1.82, 2.24) is 15.2 Å². The van der Waals surface area contributed by atoms with Crippen molar-refractivity contribution in [2.45, 2.75) is 58.4 Å². The average Bonchev–Trinajstić information content (AvgIpc) is 3.08. The summed E-state index contributed by atoms with van der Waals surface area (Å²) in [5.41, 5.74) is 0.538. The summed E-state index contributed by atoms with van der Waals surface area (Å²) in [5, 5.41) is 6.89. The van der Waals surface area contributed by atoms with Gasteiger partial charge in [0.25, 0.3) is 0 Å².